The predicted molar refractivity (Wildman–Crippen MR) is 111 cm³/mol. The molecule has 2 fully saturated rings. The normalized spacial score (nSPS) is 22.4. The Kier molecular flexibility index (Phi) is 9.72. The van der Waals surface area contributed by atoms with Crippen molar-refractivity contribution in [1.82, 2.24) is 4.90 Å². The smallest absolute Gasteiger partial charge is 0.227 e. The van der Waals surface area contributed by atoms with E-state index in [1.165, 1.54) is 25.9 Å². The van der Waals surface area contributed by atoms with Crippen LogP contribution in [0.5, 0.6) is 5.75 Å². The van der Waals surface area contributed by atoms with E-state index in [0.29, 0.717) is 6.61 Å². The molecule has 1 aromatic carbocycles. The van der Waals surface area contributed by atoms with Crippen LogP contribution in [0, 0.1) is 12.8 Å². The van der Waals surface area contributed by atoms with Crippen molar-refractivity contribution in [3.8, 4) is 5.75 Å². The first-order chi connectivity index (χ1) is 11.6. The van der Waals surface area contributed by atoms with Gasteiger partial charge in [-0.1, -0.05) is 0 Å². The number of carbonyl (C=O) groups excluding carboxylic acids is 1. The van der Waals surface area contributed by atoms with Crippen molar-refractivity contribution in [3.63, 3.8) is 0 Å². The molecule has 1 aliphatic heterocycles. The molecule has 2 atom stereocenters. The minimum Gasteiger partial charge on any atom is -0.492 e. The zero-order chi connectivity index (χ0) is 16.9. The summed E-state index contributed by atoms with van der Waals surface area (Å²) in [5.41, 5.74) is 7.78. The predicted octanol–water partition coefficient (Wildman–Crippen LogP) is 3.38. The number of rotatable bonds is 6. The van der Waals surface area contributed by atoms with Crippen molar-refractivity contribution in [2.45, 2.75) is 45.1 Å². The van der Waals surface area contributed by atoms with Crippen LogP contribution in [0.4, 0.5) is 5.69 Å². The van der Waals surface area contributed by atoms with Crippen LogP contribution in [0.3, 0.4) is 0 Å². The number of nitrogens with zero attached hydrogens (tertiary/aromatic N) is 1. The Bertz CT molecular complexity index is 580. The monoisotopic (exact) mass is 403 g/mol. The van der Waals surface area contributed by atoms with Crippen molar-refractivity contribution < 1.29 is 9.53 Å². The number of hydrogen-bond donors (Lipinski definition) is 2. The second-order valence-electron chi connectivity index (χ2n) is 7.14. The van der Waals surface area contributed by atoms with E-state index in [0.717, 1.165) is 42.8 Å². The zero-order valence-electron chi connectivity index (χ0n) is 15.4. The van der Waals surface area contributed by atoms with E-state index < -0.39 is 0 Å². The number of ether oxygens (including phenoxy) is 1. The van der Waals surface area contributed by atoms with Crippen molar-refractivity contribution in [3.05, 3.63) is 23.8 Å². The summed E-state index contributed by atoms with van der Waals surface area (Å²) in [6.07, 6.45) is 5.24. The molecule has 3 N–H and O–H groups in total. The Morgan fingerprint density at radius 1 is 1.27 bits per heavy atom. The molecule has 1 heterocycles. The summed E-state index contributed by atoms with van der Waals surface area (Å²) < 4.78 is 5.90. The van der Waals surface area contributed by atoms with Crippen molar-refractivity contribution in [2.24, 2.45) is 11.7 Å². The van der Waals surface area contributed by atoms with Crippen LogP contribution in [-0.4, -0.2) is 43.1 Å². The molecule has 1 amide bonds. The number of hydrogen-bond acceptors (Lipinski definition) is 4. The van der Waals surface area contributed by atoms with Crippen molar-refractivity contribution >= 4 is 36.4 Å². The number of aryl methyl sites for hydroxylation is 1. The second kappa shape index (κ2) is 11.0. The molecule has 1 aromatic rings. The van der Waals surface area contributed by atoms with Gasteiger partial charge in [0.05, 0.1) is 0 Å². The number of benzene rings is 1. The van der Waals surface area contributed by atoms with Crippen molar-refractivity contribution in [1.29, 1.82) is 0 Å². The molecule has 0 radical (unpaired) electrons. The first-order valence-electron chi connectivity index (χ1n) is 9.14. The van der Waals surface area contributed by atoms with Gasteiger partial charge in [0.2, 0.25) is 5.91 Å². The molecular formula is C19H31Cl2N3O2. The fourth-order valence-electron chi connectivity index (χ4n) is 3.68. The Morgan fingerprint density at radius 2 is 2.00 bits per heavy atom. The average Bonchev–Trinajstić information content (AvgIpc) is 3.21. The number of carbonyl (C=O) groups is 1. The fourth-order valence-corrected chi connectivity index (χ4v) is 3.68. The van der Waals surface area contributed by atoms with Gasteiger partial charge in [0.1, 0.15) is 12.4 Å². The lowest BCUT2D eigenvalue weighted by Gasteiger charge is -2.16. The van der Waals surface area contributed by atoms with Crippen LogP contribution in [0.2, 0.25) is 0 Å². The Morgan fingerprint density at radius 3 is 2.62 bits per heavy atom. The number of amides is 1. The second-order valence-corrected chi connectivity index (χ2v) is 7.14. The summed E-state index contributed by atoms with van der Waals surface area (Å²) in [4.78, 5) is 14.7. The lowest BCUT2D eigenvalue weighted by atomic mass is 10.1. The van der Waals surface area contributed by atoms with E-state index in [1.54, 1.807) is 0 Å². The summed E-state index contributed by atoms with van der Waals surface area (Å²) >= 11 is 0. The highest BCUT2D eigenvalue weighted by molar-refractivity contribution is 5.93. The molecule has 3 rings (SSSR count). The van der Waals surface area contributed by atoms with Gasteiger partial charge in [0.25, 0.3) is 0 Å². The van der Waals surface area contributed by atoms with Gasteiger partial charge in [-0.05, 0) is 75.9 Å². The van der Waals surface area contributed by atoms with Gasteiger partial charge in [0, 0.05) is 24.2 Å². The van der Waals surface area contributed by atoms with Crippen LogP contribution < -0.4 is 15.8 Å². The maximum atomic E-state index is 12.3. The molecule has 0 spiro atoms. The molecule has 148 valence electrons. The molecule has 2 unspecified atom stereocenters. The SMILES string of the molecule is Cc1cc(NC(=O)C2CCC(N)C2)ccc1OCCN1CCCC1.Cl.Cl. The van der Waals surface area contributed by atoms with Crippen LogP contribution >= 0.6 is 24.8 Å². The molecule has 2 aliphatic rings. The summed E-state index contributed by atoms with van der Waals surface area (Å²) in [5.74, 6) is 1.04. The molecule has 26 heavy (non-hydrogen) atoms. The van der Waals surface area contributed by atoms with E-state index in [1.807, 2.05) is 25.1 Å². The topological polar surface area (TPSA) is 67.6 Å². The number of nitrogens with two attached hydrogens (primary N) is 1. The lowest BCUT2D eigenvalue weighted by Crippen LogP contribution is -2.25. The largest absolute Gasteiger partial charge is 0.492 e. The number of nitrogens with one attached hydrogen (secondary N) is 1. The van der Waals surface area contributed by atoms with E-state index in [2.05, 4.69) is 10.2 Å². The van der Waals surface area contributed by atoms with Gasteiger partial charge in [-0.25, -0.2) is 0 Å². The van der Waals surface area contributed by atoms with Crippen LogP contribution in [-0.2, 0) is 4.79 Å². The molecule has 1 saturated carbocycles. The fraction of sp³-hybridized carbons (Fsp3) is 0.632. The Labute approximate surface area is 168 Å². The van der Waals surface area contributed by atoms with E-state index in [-0.39, 0.29) is 42.7 Å². The molecule has 0 aromatic heterocycles. The summed E-state index contributed by atoms with van der Waals surface area (Å²) in [6.45, 7) is 6.11. The van der Waals surface area contributed by atoms with Gasteiger partial charge in [-0.15, -0.1) is 24.8 Å². The van der Waals surface area contributed by atoms with Gasteiger partial charge < -0.3 is 15.8 Å². The van der Waals surface area contributed by atoms with E-state index in [4.69, 9.17) is 10.5 Å². The van der Waals surface area contributed by atoms with Crippen LogP contribution in [0.15, 0.2) is 18.2 Å². The summed E-state index contributed by atoms with van der Waals surface area (Å²) in [5, 5.41) is 3.02. The van der Waals surface area contributed by atoms with Gasteiger partial charge >= 0.3 is 0 Å². The maximum absolute atomic E-state index is 12.3. The van der Waals surface area contributed by atoms with Gasteiger partial charge in [0.15, 0.2) is 0 Å². The summed E-state index contributed by atoms with van der Waals surface area (Å²) in [6, 6.07) is 6.03. The molecule has 7 heteroatoms. The highest BCUT2D eigenvalue weighted by Gasteiger charge is 2.27. The molecular weight excluding hydrogens is 373 g/mol. The third-order valence-corrected chi connectivity index (χ3v) is 5.15. The van der Waals surface area contributed by atoms with E-state index >= 15 is 0 Å². The first-order valence-corrected chi connectivity index (χ1v) is 9.14. The first kappa shape index (κ1) is 23.0. The molecule has 1 saturated heterocycles. The number of likely N-dealkylation sites (tertiary alicyclic amines) is 1. The molecule has 5 nitrogen and oxygen atoms in total. The standard InChI is InChI=1S/C19H29N3O2.2ClH/c1-14-12-17(21-19(23)15-4-5-16(20)13-15)6-7-18(14)24-11-10-22-8-2-3-9-22;;/h6-7,12,15-16H,2-5,8-11,13,20H2,1H3,(H,21,23);2*1H. The zero-order valence-corrected chi connectivity index (χ0v) is 17.0. The van der Waals surface area contributed by atoms with Gasteiger partial charge in [-0.3, -0.25) is 9.69 Å². The summed E-state index contributed by atoms with van der Waals surface area (Å²) in [7, 11) is 0. The Balaban J connectivity index is 0.00000169. The molecule has 0 bridgehead atoms. The minimum atomic E-state index is 0. The third kappa shape index (κ3) is 6.31. The number of anilines is 1. The quantitative estimate of drug-likeness (QED) is 0.763. The van der Waals surface area contributed by atoms with Gasteiger partial charge in [-0.2, -0.15) is 0 Å². The average molecular weight is 404 g/mol. The van der Waals surface area contributed by atoms with Crippen LogP contribution in [0.25, 0.3) is 0 Å². The maximum Gasteiger partial charge on any atom is 0.227 e. The number of halogens is 2. The van der Waals surface area contributed by atoms with E-state index in [9.17, 15) is 4.79 Å². The molecule has 1 aliphatic carbocycles. The Hall–Kier alpha value is -1.01. The highest BCUT2D eigenvalue weighted by Crippen LogP contribution is 2.27. The lowest BCUT2D eigenvalue weighted by molar-refractivity contribution is -0.119. The van der Waals surface area contributed by atoms with Crippen molar-refractivity contribution in [2.75, 3.05) is 31.6 Å². The highest BCUT2D eigenvalue weighted by atomic mass is 35.5. The van der Waals surface area contributed by atoms with Crippen LogP contribution in [0.1, 0.15) is 37.7 Å². The minimum absolute atomic E-state index is 0. The third-order valence-electron chi connectivity index (χ3n) is 5.15.